The van der Waals surface area contributed by atoms with Gasteiger partial charge in [0.25, 0.3) is 0 Å². The van der Waals surface area contributed by atoms with Crippen molar-refractivity contribution in [1.82, 2.24) is 0 Å². The highest BCUT2D eigenvalue weighted by atomic mass is 35.5. The van der Waals surface area contributed by atoms with Crippen molar-refractivity contribution in [2.75, 3.05) is 0 Å². The molecule has 1 aliphatic heterocycles. The highest BCUT2D eigenvalue weighted by Crippen LogP contribution is 2.24. The maximum absolute atomic E-state index is 5.90. The first-order chi connectivity index (χ1) is 5.29. The number of aliphatic imine (C=N–C) groups is 1. The minimum Gasteiger partial charge on any atom is -0.383 e. The van der Waals surface area contributed by atoms with E-state index in [0.29, 0.717) is 17.4 Å². The largest absolute Gasteiger partial charge is 0.383 e. The smallest absolute Gasteiger partial charge is 0.127 e. The summed E-state index contributed by atoms with van der Waals surface area (Å²) in [6, 6.07) is 5.73. The summed E-state index contributed by atoms with van der Waals surface area (Å²) in [6.07, 6.45) is 0. The second-order valence-electron chi connectivity index (χ2n) is 2.48. The summed E-state index contributed by atoms with van der Waals surface area (Å²) in [4.78, 5) is 4.07. The van der Waals surface area contributed by atoms with E-state index < -0.39 is 0 Å². The van der Waals surface area contributed by atoms with Gasteiger partial charge in [0, 0.05) is 5.56 Å². The van der Waals surface area contributed by atoms with E-state index in [1.165, 1.54) is 0 Å². The SMILES string of the molecule is NC1=NCc2cccc(Cl)c21. The molecule has 0 spiro atoms. The van der Waals surface area contributed by atoms with Crippen molar-refractivity contribution in [2.45, 2.75) is 6.54 Å². The molecule has 0 aromatic heterocycles. The van der Waals surface area contributed by atoms with Gasteiger partial charge >= 0.3 is 0 Å². The zero-order valence-corrected chi connectivity index (χ0v) is 6.60. The van der Waals surface area contributed by atoms with E-state index in [1.54, 1.807) is 0 Å². The van der Waals surface area contributed by atoms with Crippen molar-refractivity contribution in [1.29, 1.82) is 0 Å². The van der Waals surface area contributed by atoms with Crippen molar-refractivity contribution < 1.29 is 0 Å². The predicted molar refractivity (Wildman–Crippen MR) is 45.9 cm³/mol. The van der Waals surface area contributed by atoms with Crippen LogP contribution in [0.25, 0.3) is 0 Å². The van der Waals surface area contributed by atoms with E-state index in [9.17, 15) is 0 Å². The Morgan fingerprint density at radius 1 is 1.45 bits per heavy atom. The van der Waals surface area contributed by atoms with Gasteiger partial charge in [-0.1, -0.05) is 23.7 Å². The van der Waals surface area contributed by atoms with Crippen molar-refractivity contribution in [3.63, 3.8) is 0 Å². The van der Waals surface area contributed by atoms with Gasteiger partial charge in [-0.2, -0.15) is 0 Å². The second-order valence-corrected chi connectivity index (χ2v) is 2.88. The van der Waals surface area contributed by atoms with E-state index in [0.717, 1.165) is 11.1 Å². The molecule has 0 unspecified atom stereocenters. The summed E-state index contributed by atoms with van der Waals surface area (Å²) < 4.78 is 0. The Labute approximate surface area is 69.7 Å². The van der Waals surface area contributed by atoms with Gasteiger partial charge in [-0.25, -0.2) is 0 Å². The maximum Gasteiger partial charge on any atom is 0.127 e. The fraction of sp³-hybridized carbons (Fsp3) is 0.125. The van der Waals surface area contributed by atoms with E-state index in [-0.39, 0.29) is 0 Å². The lowest BCUT2D eigenvalue weighted by Crippen LogP contribution is -2.10. The minimum absolute atomic E-state index is 0.561. The van der Waals surface area contributed by atoms with Gasteiger partial charge in [0.1, 0.15) is 5.84 Å². The van der Waals surface area contributed by atoms with E-state index in [4.69, 9.17) is 17.3 Å². The monoisotopic (exact) mass is 166 g/mol. The number of nitrogens with two attached hydrogens (primary N) is 1. The molecule has 1 heterocycles. The number of hydrogen-bond donors (Lipinski definition) is 1. The molecule has 0 saturated carbocycles. The average molecular weight is 167 g/mol. The van der Waals surface area contributed by atoms with Gasteiger partial charge < -0.3 is 5.73 Å². The minimum atomic E-state index is 0.561. The van der Waals surface area contributed by atoms with E-state index >= 15 is 0 Å². The first-order valence-electron chi connectivity index (χ1n) is 3.37. The quantitative estimate of drug-likeness (QED) is 0.624. The molecule has 2 N–H and O–H groups in total. The molecule has 2 rings (SSSR count). The van der Waals surface area contributed by atoms with Crippen LogP contribution in [0.2, 0.25) is 5.02 Å². The highest BCUT2D eigenvalue weighted by Gasteiger charge is 2.14. The molecule has 0 fully saturated rings. The van der Waals surface area contributed by atoms with Gasteiger partial charge in [0.05, 0.1) is 11.6 Å². The molecule has 0 radical (unpaired) electrons. The third kappa shape index (κ3) is 0.906. The first-order valence-corrected chi connectivity index (χ1v) is 3.74. The van der Waals surface area contributed by atoms with E-state index in [2.05, 4.69) is 4.99 Å². The molecule has 0 amide bonds. The molecular formula is C8H7ClN2. The number of benzene rings is 1. The number of halogens is 1. The Bertz CT molecular complexity index is 331. The predicted octanol–water partition coefficient (Wildman–Crippen LogP) is 1.56. The van der Waals surface area contributed by atoms with Crippen molar-refractivity contribution in [3.8, 4) is 0 Å². The van der Waals surface area contributed by atoms with Crippen LogP contribution in [0.15, 0.2) is 23.2 Å². The Kier molecular flexibility index (Phi) is 1.36. The van der Waals surface area contributed by atoms with Crippen molar-refractivity contribution in [2.24, 2.45) is 10.7 Å². The highest BCUT2D eigenvalue weighted by molar-refractivity contribution is 6.34. The van der Waals surface area contributed by atoms with Crippen LogP contribution in [0.3, 0.4) is 0 Å². The molecule has 0 aliphatic carbocycles. The van der Waals surface area contributed by atoms with Crippen LogP contribution in [-0.2, 0) is 6.54 Å². The number of fused-ring (bicyclic) bond motifs is 1. The van der Waals surface area contributed by atoms with Crippen LogP contribution < -0.4 is 5.73 Å². The molecule has 3 heteroatoms. The summed E-state index contributed by atoms with van der Waals surface area (Å²) in [5.41, 5.74) is 7.64. The average Bonchev–Trinajstić information content (AvgIpc) is 2.34. The molecule has 0 atom stereocenters. The zero-order chi connectivity index (χ0) is 7.84. The van der Waals surface area contributed by atoms with Crippen LogP contribution in [-0.4, -0.2) is 5.84 Å². The summed E-state index contributed by atoms with van der Waals surface area (Å²) in [7, 11) is 0. The summed E-state index contributed by atoms with van der Waals surface area (Å²) in [5.74, 6) is 0.561. The first kappa shape index (κ1) is 6.68. The third-order valence-corrected chi connectivity index (χ3v) is 2.09. The zero-order valence-electron chi connectivity index (χ0n) is 5.84. The lowest BCUT2D eigenvalue weighted by atomic mass is 10.1. The summed E-state index contributed by atoms with van der Waals surface area (Å²) in [5, 5.41) is 0.696. The number of amidine groups is 1. The number of hydrogen-bond acceptors (Lipinski definition) is 2. The normalized spacial score (nSPS) is 14.5. The van der Waals surface area contributed by atoms with Crippen LogP contribution in [0.4, 0.5) is 0 Å². The van der Waals surface area contributed by atoms with Crippen LogP contribution in [0.1, 0.15) is 11.1 Å². The number of nitrogens with zero attached hydrogens (tertiary/aromatic N) is 1. The van der Waals surface area contributed by atoms with Gasteiger partial charge in [0.2, 0.25) is 0 Å². The molecule has 1 aromatic rings. The molecule has 0 saturated heterocycles. The van der Waals surface area contributed by atoms with Crippen LogP contribution in [0.5, 0.6) is 0 Å². The van der Waals surface area contributed by atoms with Gasteiger partial charge in [-0.15, -0.1) is 0 Å². The molecular weight excluding hydrogens is 160 g/mol. The van der Waals surface area contributed by atoms with Crippen LogP contribution in [0, 0.1) is 0 Å². The third-order valence-electron chi connectivity index (χ3n) is 1.78. The molecule has 1 aromatic carbocycles. The van der Waals surface area contributed by atoms with Crippen molar-refractivity contribution in [3.05, 3.63) is 34.3 Å². The van der Waals surface area contributed by atoms with Gasteiger partial charge in [0.15, 0.2) is 0 Å². The Morgan fingerprint density at radius 3 is 3.00 bits per heavy atom. The van der Waals surface area contributed by atoms with E-state index in [1.807, 2.05) is 18.2 Å². The summed E-state index contributed by atoms with van der Waals surface area (Å²) >= 11 is 5.90. The standard InChI is InChI=1S/C8H7ClN2/c9-6-3-1-2-5-4-11-8(10)7(5)6/h1-3H,4H2,(H2,10,11). The fourth-order valence-electron chi connectivity index (χ4n) is 1.24. The van der Waals surface area contributed by atoms with Crippen LogP contribution >= 0.6 is 11.6 Å². The number of rotatable bonds is 0. The van der Waals surface area contributed by atoms with Crippen molar-refractivity contribution >= 4 is 17.4 Å². The molecule has 0 bridgehead atoms. The summed E-state index contributed by atoms with van der Waals surface area (Å²) in [6.45, 7) is 0.668. The van der Waals surface area contributed by atoms with Gasteiger partial charge in [-0.3, -0.25) is 4.99 Å². The second kappa shape index (κ2) is 2.24. The molecule has 56 valence electrons. The topological polar surface area (TPSA) is 38.4 Å². The Hall–Kier alpha value is -1.02. The maximum atomic E-state index is 5.90. The lowest BCUT2D eigenvalue weighted by Gasteiger charge is -1.99. The van der Waals surface area contributed by atoms with Gasteiger partial charge in [-0.05, 0) is 11.6 Å². The molecule has 11 heavy (non-hydrogen) atoms. The lowest BCUT2D eigenvalue weighted by molar-refractivity contribution is 1.11. The molecule has 2 nitrogen and oxygen atoms in total. The fourth-order valence-corrected chi connectivity index (χ4v) is 1.53. The molecule has 1 aliphatic rings. The Morgan fingerprint density at radius 2 is 2.27 bits per heavy atom. The Balaban J connectivity index is 2.67.